The minimum atomic E-state index is 0.127. The van der Waals surface area contributed by atoms with Crippen molar-refractivity contribution < 1.29 is 4.79 Å². The van der Waals surface area contributed by atoms with Crippen LogP contribution in [0.2, 0.25) is 0 Å². The number of pyridine rings is 2. The molecule has 26 heavy (non-hydrogen) atoms. The number of piperidine rings is 1. The number of carbonyl (C=O) groups is 1. The van der Waals surface area contributed by atoms with Gasteiger partial charge in [0.15, 0.2) is 0 Å². The first-order valence-electron chi connectivity index (χ1n) is 9.24. The highest BCUT2D eigenvalue weighted by Crippen LogP contribution is 2.23. The average Bonchev–Trinajstić information content (AvgIpc) is 2.69. The number of hydrogen-bond acceptors (Lipinski definition) is 3. The number of nitrogens with zero attached hydrogens (tertiary/aromatic N) is 3. The van der Waals surface area contributed by atoms with Crippen LogP contribution in [0.3, 0.4) is 0 Å². The number of rotatable bonds is 3. The van der Waals surface area contributed by atoms with Crippen molar-refractivity contribution in [1.82, 2.24) is 14.9 Å². The molecule has 0 bridgehead atoms. The number of carbonyl (C=O) groups excluding carboxylic acids is 1. The Kier molecular flexibility index (Phi) is 4.65. The number of aryl methyl sites for hydroxylation is 1. The van der Waals surface area contributed by atoms with E-state index in [0.717, 1.165) is 48.1 Å². The van der Waals surface area contributed by atoms with Crippen LogP contribution >= 0.6 is 0 Å². The van der Waals surface area contributed by atoms with Crippen molar-refractivity contribution in [2.75, 3.05) is 13.1 Å². The van der Waals surface area contributed by atoms with Crippen molar-refractivity contribution in [3.05, 3.63) is 71.7 Å². The van der Waals surface area contributed by atoms with Crippen molar-refractivity contribution in [1.29, 1.82) is 0 Å². The SMILES string of the molecule is Cc1ccc(CC2CCCN(C(=O)c3ccc4ncccc4c3)C2)cn1. The van der Waals surface area contributed by atoms with E-state index < -0.39 is 0 Å². The molecule has 0 saturated carbocycles. The summed E-state index contributed by atoms with van der Waals surface area (Å²) in [6.45, 7) is 3.66. The van der Waals surface area contributed by atoms with E-state index in [0.29, 0.717) is 5.92 Å². The minimum absolute atomic E-state index is 0.127. The van der Waals surface area contributed by atoms with Crippen LogP contribution in [0.1, 0.15) is 34.5 Å². The Hall–Kier alpha value is -2.75. The summed E-state index contributed by atoms with van der Waals surface area (Å²) in [6.07, 6.45) is 6.95. The van der Waals surface area contributed by atoms with Crippen molar-refractivity contribution in [2.24, 2.45) is 5.92 Å². The van der Waals surface area contributed by atoms with Gasteiger partial charge in [-0.2, -0.15) is 0 Å². The second-order valence-electron chi connectivity index (χ2n) is 7.18. The first-order valence-corrected chi connectivity index (χ1v) is 9.24. The number of hydrogen-bond donors (Lipinski definition) is 0. The van der Waals surface area contributed by atoms with Crippen LogP contribution in [-0.2, 0) is 6.42 Å². The highest BCUT2D eigenvalue weighted by Gasteiger charge is 2.24. The van der Waals surface area contributed by atoms with Gasteiger partial charge in [0.05, 0.1) is 5.52 Å². The molecule has 4 nitrogen and oxygen atoms in total. The van der Waals surface area contributed by atoms with Crippen LogP contribution < -0.4 is 0 Å². The molecular weight excluding hydrogens is 322 g/mol. The molecule has 132 valence electrons. The zero-order chi connectivity index (χ0) is 17.9. The van der Waals surface area contributed by atoms with Gasteiger partial charge in [-0.25, -0.2) is 0 Å². The number of benzene rings is 1. The fourth-order valence-corrected chi connectivity index (χ4v) is 3.76. The molecule has 0 spiro atoms. The Morgan fingerprint density at radius 1 is 1.19 bits per heavy atom. The van der Waals surface area contributed by atoms with Gasteiger partial charge in [0.25, 0.3) is 5.91 Å². The topological polar surface area (TPSA) is 46.1 Å². The summed E-state index contributed by atoms with van der Waals surface area (Å²) in [6, 6.07) is 13.9. The van der Waals surface area contributed by atoms with Gasteiger partial charge in [0.2, 0.25) is 0 Å². The number of aromatic nitrogens is 2. The molecule has 1 amide bonds. The van der Waals surface area contributed by atoms with Crippen LogP contribution in [0.15, 0.2) is 54.9 Å². The largest absolute Gasteiger partial charge is 0.338 e. The summed E-state index contributed by atoms with van der Waals surface area (Å²) in [7, 11) is 0. The predicted octanol–water partition coefficient (Wildman–Crippen LogP) is 4.03. The second-order valence-corrected chi connectivity index (χ2v) is 7.18. The summed E-state index contributed by atoms with van der Waals surface area (Å²) in [5.74, 6) is 0.627. The Morgan fingerprint density at radius 2 is 2.12 bits per heavy atom. The molecule has 1 aliphatic heterocycles. The molecule has 1 aliphatic rings. The Labute approximate surface area is 153 Å². The Morgan fingerprint density at radius 3 is 2.96 bits per heavy atom. The molecule has 1 atom stereocenters. The van der Waals surface area contributed by atoms with Crippen LogP contribution in [-0.4, -0.2) is 33.9 Å². The van der Waals surface area contributed by atoms with Gasteiger partial charge >= 0.3 is 0 Å². The van der Waals surface area contributed by atoms with Gasteiger partial charge in [-0.15, -0.1) is 0 Å². The van der Waals surface area contributed by atoms with Crippen LogP contribution in [0.5, 0.6) is 0 Å². The van der Waals surface area contributed by atoms with Crippen molar-refractivity contribution in [3.63, 3.8) is 0 Å². The van der Waals surface area contributed by atoms with Gasteiger partial charge in [0, 0.05) is 42.1 Å². The first-order chi connectivity index (χ1) is 12.7. The van der Waals surface area contributed by atoms with Gasteiger partial charge in [-0.3, -0.25) is 14.8 Å². The summed E-state index contributed by atoms with van der Waals surface area (Å²) in [5, 5.41) is 1.01. The van der Waals surface area contributed by atoms with Crippen molar-refractivity contribution >= 4 is 16.8 Å². The fourth-order valence-electron chi connectivity index (χ4n) is 3.76. The molecule has 1 fully saturated rings. The average molecular weight is 345 g/mol. The number of likely N-dealkylation sites (tertiary alicyclic amines) is 1. The van der Waals surface area contributed by atoms with E-state index in [-0.39, 0.29) is 5.91 Å². The lowest BCUT2D eigenvalue weighted by Crippen LogP contribution is -2.40. The highest BCUT2D eigenvalue weighted by molar-refractivity contribution is 5.98. The molecule has 3 aromatic rings. The monoisotopic (exact) mass is 345 g/mol. The van der Waals surface area contributed by atoms with E-state index in [2.05, 4.69) is 22.1 Å². The van der Waals surface area contributed by atoms with Gasteiger partial charge in [-0.05, 0) is 68.0 Å². The molecule has 1 unspecified atom stereocenters. The standard InChI is InChI=1S/C22H23N3O/c1-16-6-7-17(14-24-16)12-18-4-3-11-25(15-18)22(26)20-8-9-21-19(13-20)5-2-10-23-21/h2,5-10,13-14,18H,3-4,11-12,15H2,1H3. The number of fused-ring (bicyclic) bond motifs is 1. The van der Waals surface area contributed by atoms with Gasteiger partial charge in [0.1, 0.15) is 0 Å². The molecule has 2 aromatic heterocycles. The third-order valence-electron chi connectivity index (χ3n) is 5.15. The maximum atomic E-state index is 13.0. The van der Waals surface area contributed by atoms with E-state index in [4.69, 9.17) is 0 Å². The lowest BCUT2D eigenvalue weighted by molar-refractivity contribution is 0.0673. The minimum Gasteiger partial charge on any atom is -0.338 e. The van der Waals surface area contributed by atoms with Crippen molar-refractivity contribution in [3.8, 4) is 0 Å². The molecule has 4 heteroatoms. The lowest BCUT2D eigenvalue weighted by Gasteiger charge is -2.33. The Bertz CT molecular complexity index is 920. The van der Waals surface area contributed by atoms with E-state index >= 15 is 0 Å². The summed E-state index contributed by atoms with van der Waals surface area (Å²) < 4.78 is 0. The fraction of sp³-hybridized carbons (Fsp3) is 0.318. The molecule has 3 heterocycles. The Balaban J connectivity index is 1.47. The van der Waals surface area contributed by atoms with E-state index in [1.54, 1.807) is 6.20 Å². The van der Waals surface area contributed by atoms with Crippen LogP contribution in [0.25, 0.3) is 10.9 Å². The quantitative estimate of drug-likeness (QED) is 0.720. The zero-order valence-corrected chi connectivity index (χ0v) is 15.1. The molecule has 0 N–H and O–H groups in total. The molecule has 0 aliphatic carbocycles. The molecule has 4 rings (SSSR count). The lowest BCUT2D eigenvalue weighted by atomic mass is 9.91. The van der Waals surface area contributed by atoms with E-state index in [1.807, 2.05) is 48.4 Å². The smallest absolute Gasteiger partial charge is 0.253 e. The maximum absolute atomic E-state index is 13.0. The second kappa shape index (κ2) is 7.24. The van der Waals surface area contributed by atoms with Gasteiger partial charge < -0.3 is 4.90 Å². The van der Waals surface area contributed by atoms with Crippen LogP contribution in [0, 0.1) is 12.8 Å². The van der Waals surface area contributed by atoms with Crippen molar-refractivity contribution in [2.45, 2.75) is 26.2 Å². The van der Waals surface area contributed by atoms with Crippen LogP contribution in [0.4, 0.5) is 0 Å². The highest BCUT2D eigenvalue weighted by atomic mass is 16.2. The zero-order valence-electron chi connectivity index (χ0n) is 15.1. The first kappa shape index (κ1) is 16.7. The maximum Gasteiger partial charge on any atom is 0.253 e. The summed E-state index contributed by atoms with van der Waals surface area (Å²) in [4.78, 5) is 23.7. The number of amides is 1. The summed E-state index contributed by atoms with van der Waals surface area (Å²) in [5.41, 5.74) is 3.97. The van der Waals surface area contributed by atoms with Gasteiger partial charge in [-0.1, -0.05) is 12.1 Å². The molecular formula is C22H23N3O. The molecule has 0 radical (unpaired) electrons. The third kappa shape index (κ3) is 3.59. The third-order valence-corrected chi connectivity index (χ3v) is 5.15. The summed E-state index contributed by atoms with van der Waals surface area (Å²) >= 11 is 0. The normalized spacial score (nSPS) is 17.4. The van der Waals surface area contributed by atoms with E-state index in [1.165, 1.54) is 12.0 Å². The van der Waals surface area contributed by atoms with E-state index in [9.17, 15) is 4.79 Å². The molecule has 1 saturated heterocycles. The molecule has 1 aromatic carbocycles. The predicted molar refractivity (Wildman–Crippen MR) is 103 cm³/mol.